The molecule has 92 valence electrons. The quantitative estimate of drug-likeness (QED) is 0.789. The molecule has 1 aromatic rings. The normalized spacial score (nSPS) is 18.1. The monoisotopic (exact) mass is 231 g/mol. The number of nitrogens with one attached hydrogen (secondary N) is 1. The Morgan fingerprint density at radius 2 is 2.35 bits per heavy atom. The molecule has 1 atom stereocenters. The first-order valence-electron chi connectivity index (χ1n) is 6.57. The molecule has 1 heterocycles. The van der Waals surface area contributed by atoms with Gasteiger partial charge in [-0.25, -0.2) is 0 Å². The molecule has 1 aliphatic carbocycles. The predicted molar refractivity (Wildman–Crippen MR) is 69.5 cm³/mol. The van der Waals surface area contributed by atoms with Gasteiger partial charge in [0.15, 0.2) is 0 Å². The first-order valence-corrected chi connectivity index (χ1v) is 6.57. The summed E-state index contributed by atoms with van der Waals surface area (Å²) in [7, 11) is 0. The summed E-state index contributed by atoms with van der Waals surface area (Å²) in [6, 6.07) is 2.87. The van der Waals surface area contributed by atoms with Gasteiger partial charge >= 0.3 is 0 Å². The second kappa shape index (κ2) is 5.88. The van der Waals surface area contributed by atoms with Crippen molar-refractivity contribution >= 4 is 0 Å². The van der Waals surface area contributed by atoms with Crippen LogP contribution in [0.4, 0.5) is 0 Å². The molecule has 0 radical (unpaired) electrons. The maximum atomic E-state index is 5.41. The van der Waals surface area contributed by atoms with E-state index in [1.807, 2.05) is 0 Å². The van der Waals surface area contributed by atoms with Crippen LogP contribution in [0.5, 0.6) is 0 Å². The van der Waals surface area contributed by atoms with Crippen LogP contribution in [0.1, 0.15) is 50.8 Å². The van der Waals surface area contributed by atoms with Crippen molar-refractivity contribution in [3.63, 3.8) is 0 Å². The summed E-state index contributed by atoms with van der Waals surface area (Å²) in [5.74, 6) is 2.74. The van der Waals surface area contributed by atoms with Gasteiger partial charge in [-0.15, -0.1) is 6.42 Å². The number of nitrogens with zero attached hydrogens (tertiary/aromatic N) is 2. The molecule has 0 bridgehead atoms. The second-order valence-electron chi connectivity index (χ2n) is 4.73. The first kappa shape index (κ1) is 12.2. The van der Waals surface area contributed by atoms with Gasteiger partial charge in [0.25, 0.3) is 0 Å². The van der Waals surface area contributed by atoms with E-state index in [1.165, 1.54) is 25.7 Å². The molecule has 0 saturated heterocycles. The third kappa shape index (κ3) is 3.10. The maximum Gasteiger partial charge on any atom is 0.0762 e. The highest BCUT2D eigenvalue weighted by molar-refractivity contribution is 5.03. The molecule has 0 spiro atoms. The van der Waals surface area contributed by atoms with Crippen molar-refractivity contribution in [1.82, 2.24) is 15.1 Å². The molecule has 0 aromatic carbocycles. The summed E-state index contributed by atoms with van der Waals surface area (Å²) >= 11 is 0. The molecule has 1 unspecified atom stereocenters. The highest BCUT2D eigenvalue weighted by Gasteiger charge is 2.17. The first-order chi connectivity index (χ1) is 8.33. The zero-order valence-electron chi connectivity index (χ0n) is 10.5. The Balaban J connectivity index is 1.88. The summed E-state index contributed by atoms with van der Waals surface area (Å²) in [5.41, 5.74) is 1.09. The van der Waals surface area contributed by atoms with Crippen molar-refractivity contribution in [3.05, 3.63) is 18.0 Å². The Labute approximate surface area is 104 Å². The van der Waals surface area contributed by atoms with Gasteiger partial charge in [-0.3, -0.25) is 10.00 Å². The molecule has 0 amide bonds. The average Bonchev–Trinajstić information content (AvgIpc) is 3.01. The topological polar surface area (TPSA) is 29.9 Å². The van der Waals surface area contributed by atoms with E-state index in [2.05, 4.69) is 40.2 Å². The number of hydrogen-bond acceptors (Lipinski definition) is 2. The largest absolute Gasteiger partial charge is 0.298 e. The fourth-order valence-corrected chi connectivity index (χ4v) is 2.39. The second-order valence-corrected chi connectivity index (χ2v) is 4.73. The lowest BCUT2D eigenvalue weighted by Gasteiger charge is -2.10. The van der Waals surface area contributed by atoms with Crippen molar-refractivity contribution in [1.29, 1.82) is 0 Å². The van der Waals surface area contributed by atoms with Crippen LogP contribution in [0.15, 0.2) is 12.3 Å². The summed E-state index contributed by atoms with van der Waals surface area (Å²) in [4.78, 5) is 0. The van der Waals surface area contributed by atoms with Crippen molar-refractivity contribution in [3.8, 4) is 12.3 Å². The van der Waals surface area contributed by atoms with Crippen LogP contribution in [0.3, 0.4) is 0 Å². The van der Waals surface area contributed by atoms with Gasteiger partial charge in [0.1, 0.15) is 0 Å². The predicted octanol–water partition coefficient (Wildman–Crippen LogP) is 2.50. The fraction of sp³-hybridized carbons (Fsp3) is 0.643. The van der Waals surface area contributed by atoms with E-state index in [0.29, 0.717) is 6.04 Å². The van der Waals surface area contributed by atoms with Crippen LogP contribution in [-0.4, -0.2) is 15.8 Å². The van der Waals surface area contributed by atoms with Gasteiger partial charge in [-0.2, -0.15) is 5.10 Å². The third-order valence-electron chi connectivity index (χ3n) is 3.50. The van der Waals surface area contributed by atoms with Crippen LogP contribution in [-0.2, 0) is 6.54 Å². The molecule has 2 rings (SSSR count). The molecule has 17 heavy (non-hydrogen) atoms. The zero-order valence-corrected chi connectivity index (χ0v) is 10.5. The van der Waals surface area contributed by atoms with Crippen LogP contribution < -0.4 is 5.32 Å². The lowest BCUT2D eigenvalue weighted by molar-refractivity contribution is 0.459. The molecule has 0 aliphatic heterocycles. The van der Waals surface area contributed by atoms with Gasteiger partial charge in [-0.1, -0.05) is 25.7 Å². The Hall–Kier alpha value is -1.27. The van der Waals surface area contributed by atoms with Crippen molar-refractivity contribution in [2.24, 2.45) is 0 Å². The molecule has 3 nitrogen and oxygen atoms in total. The molecule has 1 fully saturated rings. The molecule has 3 heteroatoms. The van der Waals surface area contributed by atoms with E-state index in [-0.39, 0.29) is 6.04 Å². The summed E-state index contributed by atoms with van der Waals surface area (Å²) in [6.07, 6.45) is 13.7. The van der Waals surface area contributed by atoms with E-state index in [9.17, 15) is 0 Å². The number of hydrogen-bond donors (Lipinski definition) is 1. The fourth-order valence-electron chi connectivity index (χ4n) is 2.39. The minimum Gasteiger partial charge on any atom is -0.298 e. The average molecular weight is 231 g/mol. The van der Waals surface area contributed by atoms with Gasteiger partial charge in [0, 0.05) is 12.7 Å². The van der Waals surface area contributed by atoms with Gasteiger partial charge in [-0.05, 0) is 25.3 Å². The molecule has 1 aliphatic rings. The lowest BCUT2D eigenvalue weighted by atomic mass is 10.2. The zero-order chi connectivity index (χ0) is 12.1. The molecule has 1 N–H and O–H groups in total. The van der Waals surface area contributed by atoms with Gasteiger partial charge in [0.2, 0.25) is 0 Å². The van der Waals surface area contributed by atoms with Crippen LogP contribution in [0, 0.1) is 12.3 Å². The molecular formula is C14H21N3. The Morgan fingerprint density at radius 3 is 3.00 bits per heavy atom. The maximum absolute atomic E-state index is 5.41. The number of aromatic nitrogens is 2. The minimum atomic E-state index is 0.159. The van der Waals surface area contributed by atoms with E-state index in [4.69, 9.17) is 6.42 Å². The molecule has 1 aromatic heterocycles. The summed E-state index contributed by atoms with van der Waals surface area (Å²) < 4.78 is 2.13. The van der Waals surface area contributed by atoms with E-state index in [0.717, 1.165) is 18.7 Å². The summed E-state index contributed by atoms with van der Waals surface area (Å²) in [6.45, 7) is 2.86. The standard InChI is InChI=1S/C14H21N3/c1-3-12(4-2)15-11-13-9-10-17(16-13)14-7-5-6-8-14/h1,9-10,12,14-15H,4-8,11H2,2H3. The van der Waals surface area contributed by atoms with Crippen LogP contribution in [0.25, 0.3) is 0 Å². The lowest BCUT2D eigenvalue weighted by Crippen LogP contribution is -2.26. The molecule has 1 saturated carbocycles. The van der Waals surface area contributed by atoms with E-state index in [1.54, 1.807) is 0 Å². The minimum absolute atomic E-state index is 0.159. The van der Waals surface area contributed by atoms with Crippen LogP contribution >= 0.6 is 0 Å². The highest BCUT2D eigenvalue weighted by atomic mass is 15.3. The van der Waals surface area contributed by atoms with Crippen LogP contribution in [0.2, 0.25) is 0 Å². The summed E-state index contributed by atoms with van der Waals surface area (Å²) in [5, 5.41) is 7.95. The van der Waals surface area contributed by atoms with Gasteiger partial charge in [0.05, 0.1) is 17.8 Å². The highest BCUT2D eigenvalue weighted by Crippen LogP contribution is 2.28. The Kier molecular flexibility index (Phi) is 4.22. The van der Waals surface area contributed by atoms with Crippen molar-refractivity contribution in [2.45, 2.75) is 57.7 Å². The molecular weight excluding hydrogens is 210 g/mol. The number of terminal acetylenes is 1. The Bertz CT molecular complexity index is 382. The smallest absolute Gasteiger partial charge is 0.0762 e. The van der Waals surface area contributed by atoms with E-state index < -0.39 is 0 Å². The third-order valence-corrected chi connectivity index (χ3v) is 3.50. The van der Waals surface area contributed by atoms with E-state index >= 15 is 0 Å². The SMILES string of the molecule is C#CC(CC)NCc1ccn(C2CCCC2)n1. The van der Waals surface area contributed by atoms with Crippen molar-refractivity contribution in [2.75, 3.05) is 0 Å². The Morgan fingerprint density at radius 1 is 1.59 bits per heavy atom. The van der Waals surface area contributed by atoms with Gasteiger partial charge < -0.3 is 0 Å². The number of rotatable bonds is 5. The van der Waals surface area contributed by atoms with Crippen molar-refractivity contribution < 1.29 is 0 Å².